The molecule has 4 nitrogen and oxygen atoms in total. The molecular weight excluding hydrogens is 923 g/mol. The number of benzene rings is 2. The molecular formula is C40H47IrN2O2SSe2-. The SMILES string of the molecule is CC(C)Cc1cccc2c1sc1c(-c3[c-]c4[se]c5[se]ccc5c4c(C(C)C)c3)ncnc12.CCC(CC)C(=O)/C=C(\O)C(CC)CC.[Ir]. The number of hydrogen-bond acceptors (Lipinski definition) is 5. The maximum absolute atomic E-state index is 11.7. The molecule has 0 spiro atoms. The molecule has 0 bridgehead atoms. The molecule has 4 heterocycles. The van der Waals surface area contributed by atoms with Gasteiger partial charge in [0.25, 0.3) is 0 Å². The van der Waals surface area contributed by atoms with Crippen molar-refractivity contribution >= 4 is 84.6 Å². The van der Waals surface area contributed by atoms with Crippen molar-refractivity contribution < 1.29 is 30.0 Å². The number of fused-ring (bicyclic) bond motifs is 6. The first-order valence-corrected chi connectivity index (χ1v) is 21.4. The van der Waals surface area contributed by atoms with Crippen LogP contribution in [0.1, 0.15) is 98.1 Å². The minimum atomic E-state index is 0. The van der Waals surface area contributed by atoms with E-state index in [2.05, 4.69) is 69.0 Å². The third-order valence-corrected chi connectivity index (χ3v) is 15.7. The quantitative estimate of drug-likeness (QED) is 0.0608. The Morgan fingerprint density at radius 2 is 1.67 bits per heavy atom. The molecule has 6 aromatic rings. The number of carbonyl (C=O) groups is 1. The monoisotopic (exact) mass is 972 g/mol. The second-order valence-electron chi connectivity index (χ2n) is 13.1. The van der Waals surface area contributed by atoms with Crippen molar-refractivity contribution in [2.75, 3.05) is 0 Å². The van der Waals surface area contributed by atoms with E-state index in [1.807, 2.05) is 39.0 Å². The zero-order valence-corrected chi connectivity index (χ0v) is 35.9. The first-order chi connectivity index (χ1) is 22.6. The van der Waals surface area contributed by atoms with Crippen LogP contribution in [0.4, 0.5) is 0 Å². The molecule has 4 aromatic heterocycles. The number of rotatable bonds is 11. The van der Waals surface area contributed by atoms with E-state index in [-0.39, 0.29) is 43.5 Å². The van der Waals surface area contributed by atoms with E-state index in [1.54, 1.807) is 9.46 Å². The van der Waals surface area contributed by atoms with Crippen molar-refractivity contribution in [2.45, 2.75) is 93.4 Å². The van der Waals surface area contributed by atoms with Crippen molar-refractivity contribution in [2.24, 2.45) is 17.8 Å². The number of thiophene rings is 1. The number of nitrogens with zero attached hydrogens (tertiary/aromatic N) is 2. The Balaban J connectivity index is 0.000000279. The molecule has 8 heteroatoms. The van der Waals surface area contributed by atoms with Crippen LogP contribution in [0.3, 0.4) is 0 Å². The number of carbonyl (C=O) groups excluding carboxylic acids is 1. The van der Waals surface area contributed by atoms with E-state index in [0.717, 1.165) is 48.9 Å². The fourth-order valence-electron chi connectivity index (χ4n) is 6.40. The van der Waals surface area contributed by atoms with Gasteiger partial charge in [-0.3, -0.25) is 4.79 Å². The summed E-state index contributed by atoms with van der Waals surface area (Å²) in [5, 5.41) is 14.0. The van der Waals surface area contributed by atoms with Gasteiger partial charge in [-0.25, -0.2) is 0 Å². The first-order valence-electron chi connectivity index (χ1n) is 17.1. The predicted octanol–water partition coefficient (Wildman–Crippen LogP) is 10.9. The molecule has 0 fully saturated rings. The standard InChI is InChI=1S/C27H23N2SSe2.C13H24O2.Ir/c1-14(2)10-16-6-5-7-19-24-26(30-25(16)19)23(28-13-29-24)17-11-20(15(3)4)22-18-8-9-31-27(18)32-21(22)12-17;1-5-10(6-2)12(14)9-13(15)11(7-3)8-4;/h5-9,11,13-15H,10H2,1-4H3;9-11,14H,5-8H2,1-4H3;/q-1;;/b;12-9-;. The molecule has 0 aliphatic carbocycles. The molecule has 0 aliphatic rings. The van der Waals surface area contributed by atoms with Crippen molar-refractivity contribution in [3.8, 4) is 11.3 Å². The summed E-state index contributed by atoms with van der Waals surface area (Å²) in [4.78, 5) is 23.6. The van der Waals surface area contributed by atoms with E-state index in [9.17, 15) is 9.90 Å². The molecule has 1 N–H and O–H groups in total. The van der Waals surface area contributed by atoms with Crippen LogP contribution in [0.5, 0.6) is 0 Å². The maximum Gasteiger partial charge on any atom is 0.162 e. The van der Waals surface area contributed by atoms with Gasteiger partial charge in [-0.15, -0.1) is 0 Å². The van der Waals surface area contributed by atoms with Gasteiger partial charge in [0.05, 0.1) is 5.76 Å². The zero-order valence-electron chi connectivity index (χ0n) is 29.3. The van der Waals surface area contributed by atoms with Crippen LogP contribution in [-0.2, 0) is 31.3 Å². The molecule has 0 saturated carbocycles. The molecule has 0 aliphatic heterocycles. The van der Waals surface area contributed by atoms with E-state index >= 15 is 0 Å². The summed E-state index contributed by atoms with van der Waals surface area (Å²) in [6.07, 6.45) is 7.73. The van der Waals surface area contributed by atoms with E-state index in [1.165, 1.54) is 47.0 Å². The first kappa shape index (κ1) is 38.9. The van der Waals surface area contributed by atoms with Gasteiger partial charge in [0.2, 0.25) is 0 Å². The minimum absolute atomic E-state index is 0. The summed E-state index contributed by atoms with van der Waals surface area (Å²) < 4.78 is 5.65. The van der Waals surface area contributed by atoms with Gasteiger partial charge in [-0.1, -0.05) is 27.7 Å². The van der Waals surface area contributed by atoms with E-state index in [4.69, 9.17) is 9.97 Å². The number of aliphatic hydroxyl groups excluding tert-OH is 1. The van der Waals surface area contributed by atoms with Gasteiger partial charge in [-0.2, -0.15) is 0 Å². The molecule has 2 aromatic carbocycles. The fourth-order valence-corrected chi connectivity index (χ4v) is 13.1. The summed E-state index contributed by atoms with van der Waals surface area (Å²) in [5.41, 5.74) is 6.12. The Morgan fingerprint density at radius 3 is 2.31 bits per heavy atom. The second kappa shape index (κ2) is 17.4. The van der Waals surface area contributed by atoms with Gasteiger partial charge in [0.1, 0.15) is 0 Å². The fraction of sp³-hybridized carbons (Fsp3) is 0.425. The Hall–Kier alpha value is -1.88. The summed E-state index contributed by atoms with van der Waals surface area (Å²) >= 11 is 2.78. The second-order valence-corrected chi connectivity index (χ2v) is 19.5. The maximum atomic E-state index is 11.7. The number of aromatic nitrogens is 2. The summed E-state index contributed by atoms with van der Waals surface area (Å²) in [6, 6.07) is 15.2. The Bertz CT molecular complexity index is 2030. The summed E-state index contributed by atoms with van der Waals surface area (Å²) in [5.74, 6) is 1.65. The third-order valence-electron chi connectivity index (χ3n) is 9.10. The van der Waals surface area contributed by atoms with Gasteiger partial charge < -0.3 is 5.11 Å². The largest absolute Gasteiger partial charge is 0.512 e. The molecule has 0 saturated heterocycles. The van der Waals surface area contributed by atoms with Gasteiger partial charge in [-0.05, 0) is 25.7 Å². The molecule has 0 unspecified atom stereocenters. The van der Waals surface area contributed by atoms with Crippen molar-refractivity contribution in [1.29, 1.82) is 0 Å². The Morgan fingerprint density at radius 1 is 0.958 bits per heavy atom. The van der Waals surface area contributed by atoms with Gasteiger partial charge in [0, 0.05) is 38.0 Å². The van der Waals surface area contributed by atoms with Gasteiger partial charge in [0.15, 0.2) is 5.78 Å². The molecule has 0 atom stereocenters. The van der Waals surface area contributed by atoms with Crippen LogP contribution >= 0.6 is 11.3 Å². The predicted molar refractivity (Wildman–Crippen MR) is 205 cm³/mol. The molecule has 6 rings (SSSR count). The van der Waals surface area contributed by atoms with E-state index in [0.29, 0.717) is 40.8 Å². The number of ketones is 1. The van der Waals surface area contributed by atoms with Crippen LogP contribution in [0.2, 0.25) is 0 Å². The van der Waals surface area contributed by atoms with Gasteiger partial charge >= 0.3 is 205 Å². The Labute approximate surface area is 315 Å². The van der Waals surface area contributed by atoms with Crippen LogP contribution in [0.25, 0.3) is 49.7 Å². The normalized spacial score (nSPS) is 12.2. The third kappa shape index (κ3) is 8.18. The zero-order chi connectivity index (χ0) is 33.8. The molecule has 48 heavy (non-hydrogen) atoms. The average Bonchev–Trinajstić information content (AvgIpc) is 3.75. The van der Waals surface area contributed by atoms with Crippen molar-refractivity contribution in [3.63, 3.8) is 0 Å². The van der Waals surface area contributed by atoms with Crippen LogP contribution < -0.4 is 0 Å². The number of hydrogen-bond donors (Lipinski definition) is 1. The van der Waals surface area contributed by atoms with E-state index < -0.39 is 0 Å². The Kier molecular flexibility index (Phi) is 14.1. The van der Waals surface area contributed by atoms with Crippen LogP contribution in [-0.4, -0.2) is 49.9 Å². The summed E-state index contributed by atoms with van der Waals surface area (Å²) in [6.45, 7) is 17.3. The molecule has 257 valence electrons. The summed E-state index contributed by atoms with van der Waals surface area (Å²) in [7, 11) is 0. The number of allylic oxidation sites excluding steroid dienone is 2. The molecule has 1 radical (unpaired) electrons. The average molecular weight is 970 g/mol. The smallest absolute Gasteiger partial charge is 0.162 e. The van der Waals surface area contributed by atoms with Crippen molar-refractivity contribution in [1.82, 2.24) is 9.97 Å². The number of aliphatic hydroxyl groups is 1. The molecule has 0 amide bonds. The van der Waals surface area contributed by atoms with Crippen LogP contribution in [0.15, 0.2) is 53.4 Å². The minimum Gasteiger partial charge on any atom is -0.512 e. The van der Waals surface area contributed by atoms with Crippen LogP contribution in [0, 0.1) is 23.8 Å². The topological polar surface area (TPSA) is 63.1 Å². The van der Waals surface area contributed by atoms with Crippen molar-refractivity contribution in [3.05, 3.63) is 70.6 Å².